The maximum absolute atomic E-state index is 12.3. The summed E-state index contributed by atoms with van der Waals surface area (Å²) in [5, 5.41) is 3.13. The van der Waals surface area contributed by atoms with Gasteiger partial charge in [-0.05, 0) is 62.5 Å². The highest BCUT2D eigenvalue weighted by molar-refractivity contribution is 5.93. The lowest BCUT2D eigenvalue weighted by molar-refractivity contribution is -0.140. The first-order valence-electron chi connectivity index (χ1n) is 8.59. The molecule has 5 nitrogen and oxygen atoms in total. The average Bonchev–Trinajstić information content (AvgIpc) is 3.02. The molecule has 0 unspecified atom stereocenters. The van der Waals surface area contributed by atoms with Crippen LogP contribution in [0.15, 0.2) is 0 Å². The number of hydrogen-bond acceptors (Lipinski definition) is 4. The molecule has 1 aromatic heterocycles. The number of esters is 1. The summed E-state index contributed by atoms with van der Waals surface area (Å²) in [5.74, 6) is -0.276. The Morgan fingerprint density at radius 1 is 1.00 bits per heavy atom. The molecule has 1 heterocycles. The molecule has 0 saturated carbocycles. The maximum atomic E-state index is 12.3. The standard InChI is InChI=1S/C18H24N2O3/c1-23-17(22)11-5-10-16(21)20-18-12-6-2-3-8-14(12)19-15-9-4-7-13(15)18/h2-11H2,1H3,(H,19,20,21). The van der Waals surface area contributed by atoms with E-state index in [9.17, 15) is 9.59 Å². The van der Waals surface area contributed by atoms with Crippen LogP contribution in [0.4, 0.5) is 5.69 Å². The largest absolute Gasteiger partial charge is 0.469 e. The van der Waals surface area contributed by atoms with Crippen molar-refractivity contribution in [2.75, 3.05) is 12.4 Å². The fourth-order valence-corrected chi connectivity index (χ4v) is 3.60. The third kappa shape index (κ3) is 3.54. The van der Waals surface area contributed by atoms with Crippen molar-refractivity contribution in [3.05, 3.63) is 22.5 Å². The van der Waals surface area contributed by atoms with Crippen molar-refractivity contribution in [1.29, 1.82) is 0 Å². The number of nitrogens with one attached hydrogen (secondary N) is 1. The summed E-state index contributed by atoms with van der Waals surface area (Å²) in [6.07, 6.45) is 8.69. The van der Waals surface area contributed by atoms with Gasteiger partial charge < -0.3 is 10.1 Å². The summed E-state index contributed by atoms with van der Waals surface area (Å²) >= 11 is 0. The van der Waals surface area contributed by atoms with Gasteiger partial charge in [0.2, 0.25) is 5.91 Å². The van der Waals surface area contributed by atoms with Crippen LogP contribution in [0.2, 0.25) is 0 Å². The second-order valence-corrected chi connectivity index (χ2v) is 6.38. The minimum absolute atomic E-state index is 0.0121. The fraction of sp³-hybridized carbons (Fsp3) is 0.611. The summed E-state index contributed by atoms with van der Waals surface area (Å²) in [6.45, 7) is 0. The van der Waals surface area contributed by atoms with E-state index in [0.29, 0.717) is 12.8 Å². The molecule has 124 valence electrons. The van der Waals surface area contributed by atoms with Crippen molar-refractivity contribution in [3.8, 4) is 0 Å². The van der Waals surface area contributed by atoms with Crippen molar-refractivity contribution in [2.24, 2.45) is 0 Å². The highest BCUT2D eigenvalue weighted by atomic mass is 16.5. The molecular formula is C18H24N2O3. The number of carbonyl (C=O) groups is 2. The predicted octanol–water partition coefficient (Wildman–Crippen LogP) is 2.73. The Hall–Kier alpha value is -1.91. The minimum Gasteiger partial charge on any atom is -0.469 e. The molecule has 2 aliphatic rings. The van der Waals surface area contributed by atoms with E-state index in [4.69, 9.17) is 4.98 Å². The van der Waals surface area contributed by atoms with E-state index in [2.05, 4.69) is 10.1 Å². The lowest BCUT2D eigenvalue weighted by atomic mass is 9.92. The number of ether oxygens (including phenoxy) is 1. The number of carbonyl (C=O) groups excluding carboxylic acids is 2. The molecule has 0 aromatic carbocycles. The van der Waals surface area contributed by atoms with Gasteiger partial charge in [0.05, 0.1) is 12.8 Å². The second-order valence-electron chi connectivity index (χ2n) is 6.38. The predicted molar refractivity (Wildman–Crippen MR) is 87.4 cm³/mol. The Morgan fingerprint density at radius 3 is 2.39 bits per heavy atom. The highest BCUT2D eigenvalue weighted by Gasteiger charge is 2.25. The number of amides is 1. The molecule has 5 heteroatoms. The quantitative estimate of drug-likeness (QED) is 0.848. The van der Waals surface area contributed by atoms with Gasteiger partial charge in [-0.15, -0.1) is 0 Å². The summed E-state index contributed by atoms with van der Waals surface area (Å²) in [7, 11) is 1.37. The van der Waals surface area contributed by atoms with Crippen molar-refractivity contribution < 1.29 is 14.3 Å². The van der Waals surface area contributed by atoms with E-state index in [0.717, 1.165) is 37.8 Å². The Morgan fingerprint density at radius 2 is 1.65 bits per heavy atom. The van der Waals surface area contributed by atoms with Gasteiger partial charge in [0, 0.05) is 24.2 Å². The Labute approximate surface area is 136 Å². The molecule has 3 rings (SSSR count). The highest BCUT2D eigenvalue weighted by Crippen LogP contribution is 2.36. The van der Waals surface area contributed by atoms with Gasteiger partial charge in [0.15, 0.2) is 0 Å². The van der Waals surface area contributed by atoms with Gasteiger partial charge in [-0.3, -0.25) is 14.6 Å². The zero-order chi connectivity index (χ0) is 16.2. The van der Waals surface area contributed by atoms with Crippen molar-refractivity contribution >= 4 is 17.6 Å². The molecule has 0 radical (unpaired) electrons. The molecule has 0 atom stereocenters. The number of anilines is 1. The van der Waals surface area contributed by atoms with Crippen molar-refractivity contribution in [1.82, 2.24) is 4.98 Å². The second kappa shape index (κ2) is 7.11. The topological polar surface area (TPSA) is 68.3 Å². The number of hydrogen-bond donors (Lipinski definition) is 1. The van der Waals surface area contributed by atoms with E-state index in [1.54, 1.807) is 0 Å². The molecule has 0 aliphatic heterocycles. The molecule has 0 fully saturated rings. The van der Waals surface area contributed by atoms with Crippen LogP contribution < -0.4 is 5.32 Å². The van der Waals surface area contributed by atoms with Crippen LogP contribution in [0.5, 0.6) is 0 Å². The lowest BCUT2D eigenvalue weighted by Crippen LogP contribution is -2.18. The molecule has 0 bridgehead atoms. The maximum Gasteiger partial charge on any atom is 0.305 e. The lowest BCUT2D eigenvalue weighted by Gasteiger charge is -2.22. The van der Waals surface area contributed by atoms with Gasteiger partial charge in [0.25, 0.3) is 0 Å². The van der Waals surface area contributed by atoms with Crippen molar-refractivity contribution in [3.63, 3.8) is 0 Å². The molecule has 1 amide bonds. The van der Waals surface area contributed by atoms with Crippen LogP contribution in [0.1, 0.15) is 61.0 Å². The molecule has 0 spiro atoms. The van der Waals surface area contributed by atoms with E-state index < -0.39 is 0 Å². The smallest absolute Gasteiger partial charge is 0.305 e. The van der Waals surface area contributed by atoms with E-state index in [-0.39, 0.29) is 18.3 Å². The first-order valence-corrected chi connectivity index (χ1v) is 8.59. The third-order valence-corrected chi connectivity index (χ3v) is 4.78. The van der Waals surface area contributed by atoms with Crippen molar-refractivity contribution in [2.45, 2.75) is 64.2 Å². The Bertz CT molecular complexity index is 625. The van der Waals surface area contributed by atoms with Gasteiger partial charge in [-0.25, -0.2) is 0 Å². The molecule has 2 aliphatic carbocycles. The minimum atomic E-state index is -0.264. The Balaban J connectivity index is 1.73. The fourth-order valence-electron chi connectivity index (χ4n) is 3.60. The van der Waals surface area contributed by atoms with Crippen LogP contribution in [0, 0.1) is 0 Å². The zero-order valence-corrected chi connectivity index (χ0v) is 13.7. The molecular weight excluding hydrogens is 292 g/mol. The average molecular weight is 316 g/mol. The molecule has 1 N–H and O–H groups in total. The van der Waals surface area contributed by atoms with Crippen LogP contribution in [0.25, 0.3) is 0 Å². The van der Waals surface area contributed by atoms with Crippen LogP contribution in [0.3, 0.4) is 0 Å². The van der Waals surface area contributed by atoms with Crippen LogP contribution >= 0.6 is 0 Å². The van der Waals surface area contributed by atoms with Crippen LogP contribution in [-0.4, -0.2) is 24.0 Å². The summed E-state index contributed by atoms with van der Waals surface area (Å²) in [4.78, 5) is 28.3. The van der Waals surface area contributed by atoms with Gasteiger partial charge in [-0.1, -0.05) is 0 Å². The third-order valence-electron chi connectivity index (χ3n) is 4.78. The normalized spacial score (nSPS) is 15.7. The SMILES string of the molecule is COC(=O)CCCC(=O)Nc1c2c(nc3c1CCC3)CCCC2. The summed E-state index contributed by atoms with van der Waals surface area (Å²) in [6, 6.07) is 0. The number of pyridine rings is 1. The molecule has 23 heavy (non-hydrogen) atoms. The number of aromatic nitrogens is 1. The van der Waals surface area contributed by atoms with Gasteiger partial charge >= 0.3 is 5.97 Å². The van der Waals surface area contributed by atoms with Gasteiger partial charge in [-0.2, -0.15) is 0 Å². The van der Waals surface area contributed by atoms with Gasteiger partial charge in [0.1, 0.15) is 0 Å². The number of nitrogens with zero attached hydrogens (tertiary/aromatic N) is 1. The first kappa shape index (κ1) is 16.0. The van der Waals surface area contributed by atoms with E-state index in [1.165, 1.54) is 42.5 Å². The molecule has 0 saturated heterocycles. The van der Waals surface area contributed by atoms with Crippen LogP contribution in [-0.2, 0) is 40.0 Å². The first-order chi connectivity index (χ1) is 11.2. The zero-order valence-electron chi connectivity index (χ0n) is 13.7. The summed E-state index contributed by atoms with van der Waals surface area (Å²) < 4.78 is 4.61. The summed E-state index contributed by atoms with van der Waals surface area (Å²) in [5.41, 5.74) is 5.88. The number of fused-ring (bicyclic) bond motifs is 2. The van der Waals surface area contributed by atoms with E-state index in [1.807, 2.05) is 0 Å². The Kier molecular flexibility index (Phi) is 4.94. The number of aryl methyl sites for hydroxylation is 2. The number of methoxy groups -OCH3 is 1. The van der Waals surface area contributed by atoms with E-state index >= 15 is 0 Å². The monoisotopic (exact) mass is 316 g/mol. The molecule has 1 aromatic rings. The number of rotatable bonds is 5.